The van der Waals surface area contributed by atoms with Gasteiger partial charge in [0.2, 0.25) is 5.13 Å². The lowest BCUT2D eigenvalue weighted by molar-refractivity contribution is -0.112. The van der Waals surface area contributed by atoms with Crippen LogP contribution in [0.1, 0.15) is 25.3 Å². The van der Waals surface area contributed by atoms with E-state index in [4.69, 9.17) is 10.00 Å². The normalized spacial score (nSPS) is 10.9. The first-order valence-corrected chi connectivity index (χ1v) is 8.03. The van der Waals surface area contributed by atoms with Gasteiger partial charge >= 0.3 is 0 Å². The molecule has 0 saturated heterocycles. The zero-order chi connectivity index (χ0) is 16.5. The molecule has 0 aliphatic carbocycles. The minimum atomic E-state index is -0.507. The van der Waals surface area contributed by atoms with Crippen LogP contribution < -0.4 is 10.1 Å². The Kier molecular flexibility index (Phi) is 6.27. The summed E-state index contributed by atoms with van der Waals surface area (Å²) in [5.41, 5.74) is 2.25. The minimum Gasteiger partial charge on any atom is -0.494 e. The lowest BCUT2D eigenvalue weighted by atomic mass is 10.1. The van der Waals surface area contributed by atoms with Crippen LogP contribution in [0.2, 0.25) is 0 Å². The Labute approximate surface area is 138 Å². The Morgan fingerprint density at radius 1 is 1.43 bits per heavy atom. The summed E-state index contributed by atoms with van der Waals surface area (Å²) in [4.78, 5) is 12.0. The highest BCUT2D eigenvalue weighted by Crippen LogP contribution is 2.16. The van der Waals surface area contributed by atoms with Crippen molar-refractivity contribution in [2.45, 2.75) is 19.8 Å². The number of nitriles is 1. The molecule has 0 aliphatic rings. The first-order chi connectivity index (χ1) is 11.2. The number of anilines is 1. The van der Waals surface area contributed by atoms with E-state index in [0.717, 1.165) is 24.2 Å². The van der Waals surface area contributed by atoms with E-state index >= 15 is 0 Å². The Hall–Kier alpha value is -2.72. The van der Waals surface area contributed by atoms with Gasteiger partial charge in [0.05, 0.1) is 6.61 Å². The topological polar surface area (TPSA) is 87.9 Å². The average molecular weight is 328 g/mol. The molecule has 118 valence electrons. The maximum Gasteiger partial charge on any atom is 0.268 e. The number of carbonyl (C=O) groups excluding carboxylic acids is 1. The van der Waals surface area contributed by atoms with Gasteiger partial charge in [0.15, 0.2) is 0 Å². The molecule has 0 unspecified atom stereocenters. The molecule has 1 aromatic heterocycles. The third kappa shape index (κ3) is 5.20. The van der Waals surface area contributed by atoms with Gasteiger partial charge in [-0.1, -0.05) is 36.8 Å². The molecular weight excluding hydrogens is 312 g/mol. The second kappa shape index (κ2) is 8.66. The smallest absolute Gasteiger partial charge is 0.268 e. The van der Waals surface area contributed by atoms with Gasteiger partial charge in [0, 0.05) is 0 Å². The number of ether oxygens (including phenoxy) is 1. The molecule has 7 heteroatoms. The molecule has 0 bridgehead atoms. The molecule has 23 heavy (non-hydrogen) atoms. The zero-order valence-electron chi connectivity index (χ0n) is 12.7. The van der Waals surface area contributed by atoms with Crippen molar-refractivity contribution >= 4 is 28.5 Å². The van der Waals surface area contributed by atoms with E-state index in [9.17, 15) is 4.79 Å². The molecule has 0 aliphatic heterocycles. The van der Waals surface area contributed by atoms with Gasteiger partial charge in [-0.3, -0.25) is 10.1 Å². The molecule has 1 N–H and O–H groups in total. The van der Waals surface area contributed by atoms with Crippen LogP contribution in [0.25, 0.3) is 6.08 Å². The SMILES string of the molecule is CCCCOc1ccc(/C=C(\C#N)C(=O)Nc2nncs2)cc1. The highest BCUT2D eigenvalue weighted by molar-refractivity contribution is 7.13. The first kappa shape index (κ1) is 16.6. The van der Waals surface area contributed by atoms with E-state index in [0.29, 0.717) is 11.7 Å². The second-order valence-electron chi connectivity index (χ2n) is 4.64. The average Bonchev–Trinajstić information content (AvgIpc) is 3.07. The molecule has 0 atom stereocenters. The Morgan fingerprint density at radius 3 is 2.83 bits per heavy atom. The fraction of sp³-hybridized carbons (Fsp3) is 0.250. The molecule has 2 aromatic rings. The number of hydrogen-bond acceptors (Lipinski definition) is 6. The summed E-state index contributed by atoms with van der Waals surface area (Å²) in [5.74, 6) is 0.264. The van der Waals surface area contributed by atoms with Crippen molar-refractivity contribution < 1.29 is 9.53 Å². The minimum absolute atomic E-state index is 0.000138. The summed E-state index contributed by atoms with van der Waals surface area (Å²) >= 11 is 1.19. The van der Waals surface area contributed by atoms with Gasteiger partial charge in [-0.2, -0.15) is 5.26 Å². The lowest BCUT2D eigenvalue weighted by Gasteiger charge is -2.05. The highest BCUT2D eigenvalue weighted by Gasteiger charge is 2.11. The van der Waals surface area contributed by atoms with E-state index in [1.54, 1.807) is 12.1 Å². The van der Waals surface area contributed by atoms with E-state index in [1.807, 2.05) is 18.2 Å². The van der Waals surface area contributed by atoms with Gasteiger partial charge in [0.1, 0.15) is 22.9 Å². The number of aromatic nitrogens is 2. The number of unbranched alkanes of at least 4 members (excludes halogenated alkanes) is 1. The number of nitrogens with one attached hydrogen (secondary N) is 1. The van der Waals surface area contributed by atoms with E-state index in [2.05, 4.69) is 22.4 Å². The second-order valence-corrected chi connectivity index (χ2v) is 5.47. The van der Waals surface area contributed by atoms with Crippen LogP contribution in [0.15, 0.2) is 35.3 Å². The number of benzene rings is 1. The van der Waals surface area contributed by atoms with Crippen molar-refractivity contribution in [1.82, 2.24) is 10.2 Å². The molecular formula is C16H16N4O2S. The van der Waals surface area contributed by atoms with Crippen molar-refractivity contribution in [2.75, 3.05) is 11.9 Å². The van der Waals surface area contributed by atoms with Crippen molar-refractivity contribution in [3.63, 3.8) is 0 Å². The lowest BCUT2D eigenvalue weighted by Crippen LogP contribution is -2.13. The zero-order valence-corrected chi connectivity index (χ0v) is 13.5. The van der Waals surface area contributed by atoms with E-state index in [1.165, 1.54) is 22.9 Å². The van der Waals surface area contributed by atoms with Crippen LogP contribution in [-0.4, -0.2) is 22.7 Å². The summed E-state index contributed by atoms with van der Waals surface area (Å²) in [7, 11) is 0. The maximum atomic E-state index is 12.0. The Morgan fingerprint density at radius 2 is 2.22 bits per heavy atom. The van der Waals surface area contributed by atoms with Gasteiger partial charge in [-0.05, 0) is 30.2 Å². The van der Waals surface area contributed by atoms with Crippen LogP contribution >= 0.6 is 11.3 Å². The van der Waals surface area contributed by atoms with Crippen molar-refractivity contribution in [3.05, 3.63) is 40.9 Å². The van der Waals surface area contributed by atoms with Crippen molar-refractivity contribution in [2.24, 2.45) is 0 Å². The summed E-state index contributed by atoms with van der Waals surface area (Å²) < 4.78 is 5.57. The number of hydrogen-bond donors (Lipinski definition) is 1. The summed E-state index contributed by atoms with van der Waals surface area (Å²) in [6.07, 6.45) is 3.61. The quantitative estimate of drug-likeness (QED) is 0.479. The molecule has 0 saturated carbocycles. The monoisotopic (exact) mass is 328 g/mol. The molecule has 6 nitrogen and oxygen atoms in total. The highest BCUT2D eigenvalue weighted by atomic mass is 32.1. The third-order valence-electron chi connectivity index (χ3n) is 2.90. The third-order valence-corrected chi connectivity index (χ3v) is 3.51. The van der Waals surface area contributed by atoms with Gasteiger partial charge in [-0.25, -0.2) is 0 Å². The van der Waals surface area contributed by atoms with E-state index in [-0.39, 0.29) is 5.57 Å². The van der Waals surface area contributed by atoms with Crippen LogP contribution in [0, 0.1) is 11.3 Å². The fourth-order valence-electron chi connectivity index (χ4n) is 1.70. The summed E-state index contributed by atoms with van der Waals surface area (Å²) in [6.45, 7) is 2.78. The molecule has 1 aromatic carbocycles. The standard InChI is InChI=1S/C16H16N4O2S/c1-2-3-8-22-14-6-4-12(5-7-14)9-13(10-17)15(21)19-16-20-18-11-23-16/h4-7,9,11H,2-3,8H2,1H3,(H,19,20,21)/b13-9+. The molecule has 1 amide bonds. The van der Waals surface area contributed by atoms with Gasteiger partial charge in [-0.15, -0.1) is 10.2 Å². The van der Waals surface area contributed by atoms with Gasteiger partial charge < -0.3 is 4.74 Å². The number of nitrogens with zero attached hydrogens (tertiary/aromatic N) is 3. The van der Waals surface area contributed by atoms with E-state index < -0.39 is 5.91 Å². The molecule has 2 rings (SSSR count). The summed E-state index contributed by atoms with van der Waals surface area (Å²) in [6, 6.07) is 9.14. The van der Waals surface area contributed by atoms with Crippen molar-refractivity contribution in [1.29, 1.82) is 5.26 Å². The largest absolute Gasteiger partial charge is 0.494 e. The Balaban J connectivity index is 2.02. The van der Waals surface area contributed by atoms with Gasteiger partial charge in [0.25, 0.3) is 5.91 Å². The van der Waals surface area contributed by atoms with Crippen LogP contribution in [0.3, 0.4) is 0 Å². The number of rotatable bonds is 7. The van der Waals surface area contributed by atoms with Crippen LogP contribution in [0.5, 0.6) is 5.75 Å². The van der Waals surface area contributed by atoms with Crippen LogP contribution in [-0.2, 0) is 4.79 Å². The number of amides is 1. The molecule has 1 heterocycles. The predicted molar refractivity (Wildman–Crippen MR) is 89.0 cm³/mol. The van der Waals surface area contributed by atoms with Crippen molar-refractivity contribution in [3.8, 4) is 11.8 Å². The fourth-order valence-corrected chi connectivity index (χ4v) is 2.14. The summed E-state index contributed by atoms with van der Waals surface area (Å²) in [5, 5.41) is 19.4. The molecule has 0 spiro atoms. The predicted octanol–water partition coefficient (Wildman–Crippen LogP) is 3.26. The molecule has 0 radical (unpaired) electrons. The number of carbonyl (C=O) groups is 1. The molecule has 0 fully saturated rings. The Bertz CT molecular complexity index is 703. The maximum absolute atomic E-state index is 12.0. The van der Waals surface area contributed by atoms with Crippen LogP contribution in [0.4, 0.5) is 5.13 Å². The first-order valence-electron chi connectivity index (χ1n) is 7.15.